The number of fused-ring (bicyclic) bond motifs is 6. The Hall–Kier alpha value is -7.41. The average molecular weight is 749 g/mol. The van der Waals surface area contributed by atoms with Crippen LogP contribution in [0.3, 0.4) is 0 Å². The Balaban J connectivity index is 1.10. The van der Waals surface area contributed by atoms with Crippen molar-refractivity contribution >= 4 is 70.5 Å². The van der Waals surface area contributed by atoms with Crippen molar-refractivity contribution < 1.29 is 4.42 Å². The van der Waals surface area contributed by atoms with Gasteiger partial charge in [-0.1, -0.05) is 140 Å². The molecular weight excluding hydrogens is 717 g/mol. The summed E-state index contributed by atoms with van der Waals surface area (Å²) in [7, 11) is 0. The molecule has 0 spiro atoms. The molecule has 6 heteroatoms. The molecule has 0 fully saturated rings. The molecule has 0 radical (unpaired) electrons. The second-order valence-corrected chi connectivity index (χ2v) is 15.1. The van der Waals surface area contributed by atoms with Gasteiger partial charge in [0.05, 0.1) is 16.8 Å². The highest BCUT2D eigenvalue weighted by Crippen LogP contribution is 2.48. The fraction of sp³-hybridized carbons (Fsp3) is 0. The van der Waals surface area contributed by atoms with Crippen molar-refractivity contribution in [2.75, 3.05) is 4.90 Å². The number of rotatable bonds is 7. The number of benzene rings is 8. The van der Waals surface area contributed by atoms with Gasteiger partial charge in [-0.25, -0.2) is 15.0 Å². The fourth-order valence-corrected chi connectivity index (χ4v) is 8.98. The molecule has 0 atom stereocenters. The largest absolute Gasteiger partial charge is 0.456 e. The summed E-state index contributed by atoms with van der Waals surface area (Å²) < 4.78 is 9.24. The molecule has 11 aromatic rings. The Labute approximate surface area is 332 Å². The van der Waals surface area contributed by atoms with Crippen LogP contribution in [0.15, 0.2) is 199 Å². The van der Waals surface area contributed by atoms with Crippen LogP contribution in [-0.2, 0) is 0 Å². The maximum Gasteiger partial charge on any atom is 0.164 e. The molecule has 11 rings (SSSR count). The summed E-state index contributed by atoms with van der Waals surface area (Å²) in [5, 5.41) is 4.53. The summed E-state index contributed by atoms with van der Waals surface area (Å²) in [5.41, 5.74) is 9.83. The minimum Gasteiger partial charge on any atom is -0.456 e. The SMILES string of the molecule is c1ccc(-c2ccc(N(c3cccc4oc5cc(-c6nc(-c7ccccc7)nc(-c7ccccc7)n6)ccc5c34)c3cccc4sc5ccccc5c34)cc2)cc1. The molecule has 0 amide bonds. The molecule has 8 aromatic carbocycles. The van der Waals surface area contributed by atoms with Crippen molar-refractivity contribution in [2.24, 2.45) is 0 Å². The van der Waals surface area contributed by atoms with E-state index in [9.17, 15) is 0 Å². The molecule has 268 valence electrons. The third kappa shape index (κ3) is 5.82. The lowest BCUT2D eigenvalue weighted by Crippen LogP contribution is -2.10. The quantitative estimate of drug-likeness (QED) is 0.162. The molecule has 0 aliphatic carbocycles. The van der Waals surface area contributed by atoms with Gasteiger partial charge in [-0.05, 0) is 65.7 Å². The maximum absolute atomic E-state index is 6.73. The van der Waals surface area contributed by atoms with Gasteiger partial charge >= 0.3 is 0 Å². The molecule has 3 heterocycles. The first-order valence-electron chi connectivity index (χ1n) is 18.9. The van der Waals surface area contributed by atoms with Gasteiger partial charge in [0.1, 0.15) is 11.2 Å². The summed E-state index contributed by atoms with van der Waals surface area (Å²) in [6, 6.07) is 67.5. The van der Waals surface area contributed by atoms with Crippen LogP contribution in [0.5, 0.6) is 0 Å². The summed E-state index contributed by atoms with van der Waals surface area (Å²) in [4.78, 5) is 17.3. The van der Waals surface area contributed by atoms with Crippen LogP contribution in [0.4, 0.5) is 17.1 Å². The molecule has 0 aliphatic rings. The number of aromatic nitrogens is 3. The lowest BCUT2D eigenvalue weighted by Gasteiger charge is -2.27. The van der Waals surface area contributed by atoms with E-state index in [2.05, 4.69) is 138 Å². The molecule has 0 unspecified atom stereocenters. The Morgan fingerprint density at radius 3 is 1.58 bits per heavy atom. The van der Waals surface area contributed by atoms with Gasteiger partial charge in [-0.3, -0.25) is 0 Å². The third-order valence-electron chi connectivity index (χ3n) is 10.5. The number of furan rings is 1. The normalized spacial score (nSPS) is 11.5. The molecule has 0 aliphatic heterocycles. The number of hydrogen-bond acceptors (Lipinski definition) is 6. The highest BCUT2D eigenvalue weighted by molar-refractivity contribution is 7.26. The Morgan fingerprint density at radius 2 is 0.895 bits per heavy atom. The number of anilines is 3. The first kappa shape index (κ1) is 33.0. The zero-order valence-electron chi connectivity index (χ0n) is 30.6. The molecule has 57 heavy (non-hydrogen) atoms. The van der Waals surface area contributed by atoms with E-state index in [1.807, 2.05) is 72.0 Å². The molecule has 0 saturated heterocycles. The first-order chi connectivity index (χ1) is 28.2. The van der Waals surface area contributed by atoms with E-state index in [1.54, 1.807) is 0 Å². The van der Waals surface area contributed by atoms with Gasteiger partial charge in [0.2, 0.25) is 0 Å². The van der Waals surface area contributed by atoms with Crippen molar-refractivity contribution in [3.63, 3.8) is 0 Å². The molecular formula is C51H32N4OS. The van der Waals surface area contributed by atoms with Crippen LogP contribution in [0.25, 0.3) is 87.4 Å². The topological polar surface area (TPSA) is 55.1 Å². The van der Waals surface area contributed by atoms with Crippen LogP contribution in [0.2, 0.25) is 0 Å². The maximum atomic E-state index is 6.73. The van der Waals surface area contributed by atoms with Crippen LogP contribution in [0, 0.1) is 0 Å². The second kappa shape index (κ2) is 13.7. The van der Waals surface area contributed by atoms with Crippen molar-refractivity contribution in [1.29, 1.82) is 0 Å². The van der Waals surface area contributed by atoms with Crippen LogP contribution in [-0.4, -0.2) is 15.0 Å². The van der Waals surface area contributed by atoms with Gasteiger partial charge in [0.25, 0.3) is 0 Å². The zero-order chi connectivity index (χ0) is 37.7. The van der Waals surface area contributed by atoms with E-state index in [0.29, 0.717) is 17.5 Å². The molecule has 0 N–H and O–H groups in total. The van der Waals surface area contributed by atoms with Crippen molar-refractivity contribution in [2.45, 2.75) is 0 Å². The second-order valence-electron chi connectivity index (χ2n) is 14.0. The highest BCUT2D eigenvalue weighted by atomic mass is 32.1. The van der Waals surface area contributed by atoms with Gasteiger partial charge in [0, 0.05) is 47.9 Å². The summed E-state index contributed by atoms with van der Waals surface area (Å²) in [6.07, 6.45) is 0. The van der Waals surface area contributed by atoms with Crippen molar-refractivity contribution in [1.82, 2.24) is 15.0 Å². The number of thiophene rings is 1. The van der Waals surface area contributed by atoms with E-state index >= 15 is 0 Å². The molecule has 3 aromatic heterocycles. The number of nitrogens with zero attached hydrogens (tertiary/aromatic N) is 4. The van der Waals surface area contributed by atoms with E-state index < -0.39 is 0 Å². The molecule has 5 nitrogen and oxygen atoms in total. The van der Waals surface area contributed by atoms with E-state index in [-0.39, 0.29) is 0 Å². The van der Waals surface area contributed by atoms with Gasteiger partial charge in [0.15, 0.2) is 17.5 Å². The highest BCUT2D eigenvalue weighted by Gasteiger charge is 2.23. The summed E-state index contributed by atoms with van der Waals surface area (Å²) in [6.45, 7) is 0. The lowest BCUT2D eigenvalue weighted by molar-refractivity contribution is 0.669. The Kier molecular flexibility index (Phi) is 7.93. The average Bonchev–Trinajstić information content (AvgIpc) is 3.86. The van der Waals surface area contributed by atoms with Crippen LogP contribution in [0.1, 0.15) is 0 Å². The lowest BCUT2D eigenvalue weighted by atomic mass is 10.0. The predicted molar refractivity (Wildman–Crippen MR) is 236 cm³/mol. The minimum atomic E-state index is 0.585. The monoisotopic (exact) mass is 748 g/mol. The molecule has 0 bridgehead atoms. The molecule has 0 saturated carbocycles. The standard InChI is InChI=1S/C51H32N4OS/c1-4-14-33(15-5-1)34-26-29-38(30-27-34)55(42-22-13-25-46-48(42)40-20-10-11-24-45(40)57-46)41-21-12-23-43-47(41)39-31-28-37(32-44(39)56-43)51-53-49(35-16-6-2-7-17-35)52-50(54-51)36-18-8-3-9-19-36/h1-32H. The number of hydrogen-bond donors (Lipinski definition) is 0. The van der Waals surface area contributed by atoms with E-state index in [4.69, 9.17) is 19.4 Å². The van der Waals surface area contributed by atoms with Crippen LogP contribution < -0.4 is 4.90 Å². The summed E-state index contributed by atoms with van der Waals surface area (Å²) in [5.74, 6) is 1.83. The minimum absolute atomic E-state index is 0.585. The Bertz CT molecular complexity index is 3170. The van der Waals surface area contributed by atoms with Crippen LogP contribution >= 0.6 is 11.3 Å². The van der Waals surface area contributed by atoms with Gasteiger partial charge in [-0.15, -0.1) is 11.3 Å². The smallest absolute Gasteiger partial charge is 0.164 e. The third-order valence-corrected chi connectivity index (χ3v) is 11.7. The van der Waals surface area contributed by atoms with Gasteiger partial charge < -0.3 is 9.32 Å². The Morgan fingerprint density at radius 1 is 0.368 bits per heavy atom. The first-order valence-corrected chi connectivity index (χ1v) is 19.8. The fourth-order valence-electron chi connectivity index (χ4n) is 7.85. The van der Waals surface area contributed by atoms with Crippen molar-refractivity contribution in [3.8, 4) is 45.3 Å². The predicted octanol–water partition coefficient (Wildman–Crippen LogP) is 14.3. The zero-order valence-corrected chi connectivity index (χ0v) is 31.4. The van der Waals surface area contributed by atoms with E-state index in [1.165, 1.54) is 31.3 Å². The van der Waals surface area contributed by atoms with Crippen molar-refractivity contribution in [3.05, 3.63) is 194 Å². The van der Waals surface area contributed by atoms with E-state index in [0.717, 1.165) is 55.7 Å². The van der Waals surface area contributed by atoms with Gasteiger partial charge in [-0.2, -0.15) is 0 Å². The summed E-state index contributed by atoms with van der Waals surface area (Å²) >= 11 is 1.83.